The Labute approximate surface area is 223 Å². The number of amides is 1. The summed E-state index contributed by atoms with van der Waals surface area (Å²) in [6.07, 6.45) is -3.72. The molecule has 4 rings (SSSR count). The highest BCUT2D eigenvalue weighted by molar-refractivity contribution is 8.16. The van der Waals surface area contributed by atoms with E-state index < -0.39 is 23.8 Å². The van der Waals surface area contributed by atoms with Gasteiger partial charge in [0.2, 0.25) is 5.91 Å². The van der Waals surface area contributed by atoms with Crippen LogP contribution in [-0.2, 0) is 20.5 Å². The summed E-state index contributed by atoms with van der Waals surface area (Å²) in [5.74, 6) is -0.825. The number of amidine groups is 1. The molecule has 1 amide bonds. The van der Waals surface area contributed by atoms with Gasteiger partial charge in [0.25, 0.3) is 0 Å². The van der Waals surface area contributed by atoms with Crippen molar-refractivity contribution in [3.63, 3.8) is 0 Å². The van der Waals surface area contributed by atoms with Crippen LogP contribution in [0.3, 0.4) is 0 Å². The van der Waals surface area contributed by atoms with Crippen LogP contribution in [-0.4, -0.2) is 34.6 Å². The van der Waals surface area contributed by atoms with Crippen LogP contribution in [0.15, 0.2) is 76.3 Å². The first-order valence-electron chi connectivity index (χ1n) is 12.3. The molecule has 0 saturated carbocycles. The number of carbonyl (C=O) groups excluding carboxylic acids is 2. The van der Waals surface area contributed by atoms with Gasteiger partial charge >= 0.3 is 12.1 Å². The fraction of sp³-hybridized carbons (Fsp3) is 0.321. The quantitative estimate of drug-likeness (QED) is 0.397. The molecule has 0 saturated heterocycles. The zero-order chi connectivity index (χ0) is 27.4. The largest absolute Gasteiger partial charge is 0.463 e. The summed E-state index contributed by atoms with van der Waals surface area (Å²) >= 11 is 1.30. The van der Waals surface area contributed by atoms with E-state index in [-0.39, 0.29) is 30.5 Å². The van der Waals surface area contributed by atoms with E-state index in [2.05, 4.69) is 5.32 Å². The Kier molecular flexibility index (Phi) is 8.30. The highest BCUT2D eigenvalue weighted by Crippen LogP contribution is 2.47. The second-order valence-corrected chi connectivity index (χ2v) is 9.75. The fourth-order valence-corrected chi connectivity index (χ4v) is 5.17. The van der Waals surface area contributed by atoms with Crippen molar-refractivity contribution in [2.75, 3.05) is 6.61 Å². The third kappa shape index (κ3) is 5.80. The van der Waals surface area contributed by atoms with Crippen LogP contribution in [0.4, 0.5) is 13.2 Å². The summed E-state index contributed by atoms with van der Waals surface area (Å²) in [4.78, 5) is 32.8. The normalized spacial score (nSPS) is 17.9. The molecule has 2 aromatic carbocycles. The standard InChI is InChI=1S/C28H28F3N3O3S/c1-4-17(3)32-22(35)15-21-16-38-27-33-24(18-9-7-6-8-10-18)23(26(36)37-5-2)25(34(21)27)19-11-13-20(14-12-19)28(29,30)31/h6-14,16-17,25H,4-5,15H2,1-3H3,(H,32,35)/t17-,25-/m0/s1. The van der Waals surface area contributed by atoms with Crippen LogP contribution in [0.25, 0.3) is 5.70 Å². The van der Waals surface area contributed by atoms with Crippen molar-refractivity contribution in [3.05, 3.63) is 88.0 Å². The third-order valence-corrected chi connectivity index (χ3v) is 7.16. The highest BCUT2D eigenvalue weighted by atomic mass is 32.2. The van der Waals surface area contributed by atoms with Crippen LogP contribution in [0.5, 0.6) is 0 Å². The predicted octanol–water partition coefficient (Wildman–Crippen LogP) is 6.29. The van der Waals surface area contributed by atoms with Gasteiger partial charge in [-0.3, -0.25) is 4.79 Å². The number of esters is 1. The van der Waals surface area contributed by atoms with Gasteiger partial charge in [-0.05, 0) is 43.4 Å². The molecule has 2 heterocycles. The summed E-state index contributed by atoms with van der Waals surface area (Å²) in [6, 6.07) is 12.9. The maximum absolute atomic E-state index is 13.4. The summed E-state index contributed by atoms with van der Waals surface area (Å²) in [6.45, 7) is 5.66. The molecular weight excluding hydrogens is 515 g/mol. The van der Waals surface area contributed by atoms with Gasteiger partial charge in [-0.1, -0.05) is 61.2 Å². The smallest absolute Gasteiger partial charge is 0.416 e. The molecule has 200 valence electrons. The first kappa shape index (κ1) is 27.5. The van der Waals surface area contributed by atoms with Gasteiger partial charge in [0.1, 0.15) is 0 Å². The van der Waals surface area contributed by atoms with Crippen LogP contribution in [0.2, 0.25) is 0 Å². The number of fused-ring (bicyclic) bond motifs is 1. The van der Waals surface area contributed by atoms with E-state index in [4.69, 9.17) is 9.73 Å². The Morgan fingerprint density at radius 2 is 1.79 bits per heavy atom. The molecule has 0 bridgehead atoms. The molecule has 6 nitrogen and oxygen atoms in total. The second kappa shape index (κ2) is 11.5. The van der Waals surface area contributed by atoms with E-state index in [1.54, 1.807) is 17.2 Å². The van der Waals surface area contributed by atoms with E-state index in [1.165, 1.54) is 23.9 Å². The molecule has 38 heavy (non-hydrogen) atoms. The average molecular weight is 544 g/mol. The van der Waals surface area contributed by atoms with Crippen molar-refractivity contribution < 1.29 is 27.5 Å². The maximum atomic E-state index is 13.4. The van der Waals surface area contributed by atoms with Crippen molar-refractivity contribution in [1.82, 2.24) is 10.2 Å². The molecule has 10 heteroatoms. The van der Waals surface area contributed by atoms with Crippen molar-refractivity contribution in [2.45, 2.75) is 51.9 Å². The molecule has 1 N–H and O–H groups in total. The van der Waals surface area contributed by atoms with E-state index in [9.17, 15) is 22.8 Å². The zero-order valence-corrected chi connectivity index (χ0v) is 22.0. The van der Waals surface area contributed by atoms with Gasteiger partial charge in [0.05, 0.1) is 35.9 Å². The summed E-state index contributed by atoms with van der Waals surface area (Å²) in [7, 11) is 0. The third-order valence-electron chi connectivity index (χ3n) is 6.27. The van der Waals surface area contributed by atoms with E-state index in [1.807, 2.05) is 44.2 Å². The first-order chi connectivity index (χ1) is 18.1. The lowest BCUT2D eigenvalue weighted by Gasteiger charge is -2.37. The van der Waals surface area contributed by atoms with E-state index in [0.29, 0.717) is 27.7 Å². The van der Waals surface area contributed by atoms with Crippen molar-refractivity contribution >= 4 is 34.5 Å². The molecule has 0 radical (unpaired) electrons. The number of hydrogen-bond acceptors (Lipinski definition) is 6. The number of thioether (sulfide) groups is 1. The number of rotatable bonds is 8. The Hall–Kier alpha value is -3.53. The lowest BCUT2D eigenvalue weighted by Crippen LogP contribution is -2.39. The first-order valence-corrected chi connectivity index (χ1v) is 13.2. The van der Waals surface area contributed by atoms with Gasteiger partial charge in [-0.15, -0.1) is 0 Å². The molecule has 0 spiro atoms. The van der Waals surface area contributed by atoms with E-state index in [0.717, 1.165) is 18.6 Å². The summed E-state index contributed by atoms with van der Waals surface area (Å²) in [5.41, 5.74) is 1.48. The molecule has 0 aliphatic carbocycles. The number of halogens is 3. The summed E-state index contributed by atoms with van der Waals surface area (Å²) in [5, 5.41) is 5.25. The Bertz CT molecular complexity index is 1290. The van der Waals surface area contributed by atoms with Crippen LogP contribution in [0, 0.1) is 0 Å². The maximum Gasteiger partial charge on any atom is 0.416 e. The number of ether oxygens (including phenoxy) is 1. The Balaban J connectivity index is 1.85. The molecule has 2 aliphatic heterocycles. The van der Waals surface area contributed by atoms with Crippen molar-refractivity contribution in [3.8, 4) is 0 Å². The SMILES string of the molecule is CCOC(=O)C1=C(c2ccccc2)N=C2SC=C(CC(=O)N[C@@H](C)CC)N2[C@H]1c1ccc(C(F)(F)F)cc1. The van der Waals surface area contributed by atoms with Crippen molar-refractivity contribution in [2.24, 2.45) is 4.99 Å². The summed E-state index contributed by atoms with van der Waals surface area (Å²) < 4.78 is 45.4. The number of aliphatic imine (C=N–C) groups is 1. The lowest BCUT2D eigenvalue weighted by atomic mass is 9.91. The number of nitrogens with one attached hydrogen (secondary N) is 1. The minimum Gasteiger partial charge on any atom is -0.463 e. The molecule has 0 unspecified atom stereocenters. The molecular formula is C28H28F3N3O3S. The minimum absolute atomic E-state index is 0.0166. The molecule has 0 fully saturated rings. The Morgan fingerprint density at radius 3 is 2.39 bits per heavy atom. The number of benzene rings is 2. The van der Waals surface area contributed by atoms with Crippen LogP contribution >= 0.6 is 11.8 Å². The fourth-order valence-electron chi connectivity index (χ4n) is 4.25. The molecule has 2 atom stereocenters. The molecule has 2 aromatic rings. The average Bonchev–Trinajstić information content (AvgIpc) is 3.29. The van der Waals surface area contributed by atoms with Gasteiger partial charge in [-0.25, -0.2) is 9.79 Å². The lowest BCUT2D eigenvalue weighted by molar-refractivity contribution is -0.139. The minimum atomic E-state index is -4.50. The highest BCUT2D eigenvalue weighted by Gasteiger charge is 2.42. The molecule has 0 aromatic heterocycles. The number of hydrogen-bond donors (Lipinski definition) is 1. The van der Waals surface area contributed by atoms with Gasteiger partial charge in [0, 0.05) is 17.3 Å². The predicted molar refractivity (Wildman–Crippen MR) is 142 cm³/mol. The van der Waals surface area contributed by atoms with Gasteiger partial charge < -0.3 is 15.0 Å². The topological polar surface area (TPSA) is 71.0 Å². The monoisotopic (exact) mass is 543 g/mol. The number of alkyl halides is 3. The zero-order valence-electron chi connectivity index (χ0n) is 21.2. The van der Waals surface area contributed by atoms with Crippen LogP contribution < -0.4 is 5.32 Å². The second-order valence-electron chi connectivity index (χ2n) is 8.92. The van der Waals surface area contributed by atoms with Crippen molar-refractivity contribution in [1.29, 1.82) is 0 Å². The van der Waals surface area contributed by atoms with E-state index >= 15 is 0 Å². The molecule has 2 aliphatic rings. The van der Waals surface area contributed by atoms with Crippen LogP contribution in [0.1, 0.15) is 56.3 Å². The van der Waals surface area contributed by atoms with Gasteiger partial charge in [0.15, 0.2) is 5.17 Å². The number of carbonyl (C=O) groups is 2. The Morgan fingerprint density at radius 1 is 1.11 bits per heavy atom. The van der Waals surface area contributed by atoms with Gasteiger partial charge in [-0.2, -0.15) is 13.2 Å². The number of nitrogens with zero attached hydrogens (tertiary/aromatic N) is 2.